The second kappa shape index (κ2) is 4.61. The third-order valence-corrected chi connectivity index (χ3v) is 3.58. The molecule has 1 amide bonds. The Balaban J connectivity index is 2.55. The number of likely N-dealkylation sites (N-methyl/N-ethyl adjacent to an activating group) is 1. The minimum Gasteiger partial charge on any atom is -0.478 e. The molecular formula is C14H20N2O2. The number of hydrogen-bond acceptors (Lipinski definition) is 3. The van der Waals surface area contributed by atoms with Crippen molar-refractivity contribution < 1.29 is 9.53 Å². The predicted molar refractivity (Wildman–Crippen MR) is 72.2 cm³/mol. The molecule has 98 valence electrons. The molecule has 2 rings (SSSR count). The summed E-state index contributed by atoms with van der Waals surface area (Å²) in [7, 11) is 1.80. The Morgan fingerprint density at radius 3 is 2.61 bits per heavy atom. The Hall–Kier alpha value is -1.55. The van der Waals surface area contributed by atoms with Gasteiger partial charge in [0, 0.05) is 13.5 Å². The first-order valence-corrected chi connectivity index (χ1v) is 6.22. The van der Waals surface area contributed by atoms with Crippen molar-refractivity contribution in [3.8, 4) is 5.75 Å². The second-order valence-electron chi connectivity index (χ2n) is 4.89. The predicted octanol–water partition coefficient (Wildman–Crippen LogP) is 1.68. The van der Waals surface area contributed by atoms with E-state index in [4.69, 9.17) is 10.5 Å². The molecular weight excluding hydrogens is 228 g/mol. The Bertz CT molecular complexity index is 497. The van der Waals surface area contributed by atoms with Gasteiger partial charge in [0.05, 0.1) is 5.69 Å². The van der Waals surface area contributed by atoms with Gasteiger partial charge >= 0.3 is 0 Å². The van der Waals surface area contributed by atoms with E-state index in [1.807, 2.05) is 20.8 Å². The zero-order chi connectivity index (χ0) is 13.4. The monoisotopic (exact) mass is 248 g/mol. The average Bonchev–Trinajstić information content (AvgIpc) is 2.32. The number of fused-ring (bicyclic) bond motifs is 1. The Morgan fingerprint density at radius 1 is 1.33 bits per heavy atom. The molecule has 0 bridgehead atoms. The van der Waals surface area contributed by atoms with Crippen molar-refractivity contribution in [1.29, 1.82) is 0 Å². The summed E-state index contributed by atoms with van der Waals surface area (Å²) in [6.07, 6.45) is 0.0999. The van der Waals surface area contributed by atoms with Gasteiger partial charge in [-0.15, -0.1) is 0 Å². The van der Waals surface area contributed by atoms with E-state index in [0.29, 0.717) is 13.0 Å². The molecule has 18 heavy (non-hydrogen) atoms. The lowest BCUT2D eigenvalue weighted by Crippen LogP contribution is -2.45. The van der Waals surface area contributed by atoms with E-state index >= 15 is 0 Å². The summed E-state index contributed by atoms with van der Waals surface area (Å²) in [6.45, 7) is 6.52. The van der Waals surface area contributed by atoms with Gasteiger partial charge in [-0.25, -0.2) is 0 Å². The maximum absolute atomic E-state index is 12.2. The van der Waals surface area contributed by atoms with Crippen LogP contribution in [0.5, 0.6) is 5.75 Å². The van der Waals surface area contributed by atoms with Crippen molar-refractivity contribution in [3.63, 3.8) is 0 Å². The standard InChI is InChI=1S/C14H20N2O2/c1-8-7-9(2)13-12(10(8)3)16(4)14(17)11(18-13)5-6-15/h7,11H,5-6,15H2,1-4H3. The summed E-state index contributed by atoms with van der Waals surface area (Å²) in [5.74, 6) is 0.805. The first kappa shape index (κ1) is 12.9. The SMILES string of the molecule is Cc1cc(C)c2c(c1C)N(C)C(=O)C(CCN)O2. The number of anilines is 1. The van der Waals surface area contributed by atoms with Crippen LogP contribution in [0, 0.1) is 20.8 Å². The molecule has 4 heteroatoms. The maximum atomic E-state index is 12.2. The fourth-order valence-electron chi connectivity index (χ4n) is 2.45. The number of ether oxygens (including phenoxy) is 1. The molecule has 1 unspecified atom stereocenters. The highest BCUT2D eigenvalue weighted by Gasteiger charge is 2.33. The topological polar surface area (TPSA) is 55.6 Å². The molecule has 1 aromatic carbocycles. The van der Waals surface area contributed by atoms with Crippen LogP contribution in [0.3, 0.4) is 0 Å². The van der Waals surface area contributed by atoms with Crippen molar-refractivity contribution in [2.45, 2.75) is 33.3 Å². The number of aryl methyl sites for hydroxylation is 2. The summed E-state index contributed by atoms with van der Waals surface area (Å²) < 4.78 is 5.85. The smallest absolute Gasteiger partial charge is 0.267 e. The fourth-order valence-corrected chi connectivity index (χ4v) is 2.45. The second-order valence-corrected chi connectivity index (χ2v) is 4.89. The van der Waals surface area contributed by atoms with Gasteiger partial charge in [0.15, 0.2) is 6.10 Å². The molecule has 0 aliphatic carbocycles. The lowest BCUT2D eigenvalue weighted by Gasteiger charge is -2.34. The van der Waals surface area contributed by atoms with Crippen LogP contribution >= 0.6 is 0 Å². The van der Waals surface area contributed by atoms with Crippen LogP contribution in [0.4, 0.5) is 5.69 Å². The van der Waals surface area contributed by atoms with Gasteiger partial charge in [-0.3, -0.25) is 4.79 Å². The lowest BCUT2D eigenvalue weighted by atomic mass is 10.00. The quantitative estimate of drug-likeness (QED) is 0.866. The Morgan fingerprint density at radius 2 is 2.00 bits per heavy atom. The number of nitrogens with zero attached hydrogens (tertiary/aromatic N) is 1. The van der Waals surface area contributed by atoms with Crippen LogP contribution in [-0.4, -0.2) is 25.6 Å². The van der Waals surface area contributed by atoms with Gasteiger partial charge in [-0.2, -0.15) is 0 Å². The highest BCUT2D eigenvalue weighted by atomic mass is 16.5. The molecule has 4 nitrogen and oxygen atoms in total. The van der Waals surface area contributed by atoms with Crippen molar-refractivity contribution in [2.24, 2.45) is 5.73 Å². The molecule has 1 atom stereocenters. The van der Waals surface area contributed by atoms with E-state index < -0.39 is 6.10 Å². The molecule has 0 fully saturated rings. The van der Waals surface area contributed by atoms with Crippen LogP contribution in [0.15, 0.2) is 6.07 Å². The minimum atomic E-state index is -0.451. The van der Waals surface area contributed by atoms with Crippen molar-refractivity contribution in [1.82, 2.24) is 0 Å². The van der Waals surface area contributed by atoms with Crippen LogP contribution in [0.25, 0.3) is 0 Å². The Kier molecular flexibility index (Phi) is 3.30. The largest absolute Gasteiger partial charge is 0.478 e. The van der Waals surface area contributed by atoms with Crippen molar-refractivity contribution in [3.05, 3.63) is 22.8 Å². The third-order valence-electron chi connectivity index (χ3n) is 3.58. The number of nitrogens with two attached hydrogens (primary N) is 1. The molecule has 1 aliphatic rings. The number of hydrogen-bond donors (Lipinski definition) is 1. The number of rotatable bonds is 2. The summed E-state index contributed by atoms with van der Waals surface area (Å²) in [6, 6.07) is 2.09. The van der Waals surface area contributed by atoms with Gasteiger partial charge in [0.1, 0.15) is 5.75 Å². The van der Waals surface area contributed by atoms with Crippen LogP contribution in [0.1, 0.15) is 23.1 Å². The molecule has 0 saturated carbocycles. The highest BCUT2D eigenvalue weighted by molar-refractivity contribution is 6.00. The fraction of sp³-hybridized carbons (Fsp3) is 0.500. The summed E-state index contributed by atoms with van der Waals surface area (Å²) >= 11 is 0. The highest BCUT2D eigenvalue weighted by Crippen LogP contribution is 2.40. The molecule has 1 heterocycles. The zero-order valence-corrected chi connectivity index (χ0v) is 11.4. The first-order valence-electron chi connectivity index (χ1n) is 6.22. The number of benzene rings is 1. The zero-order valence-electron chi connectivity index (χ0n) is 11.4. The Labute approximate surface area is 108 Å². The van der Waals surface area contributed by atoms with E-state index in [-0.39, 0.29) is 5.91 Å². The normalized spacial score (nSPS) is 18.6. The number of carbonyl (C=O) groups excluding carboxylic acids is 1. The van der Waals surface area contributed by atoms with Gasteiger partial charge in [-0.1, -0.05) is 6.07 Å². The third kappa shape index (κ3) is 1.86. The molecule has 2 N–H and O–H groups in total. The molecule has 0 radical (unpaired) electrons. The summed E-state index contributed by atoms with van der Waals surface area (Å²) in [5.41, 5.74) is 9.75. The van der Waals surface area contributed by atoms with Crippen molar-refractivity contribution >= 4 is 11.6 Å². The van der Waals surface area contributed by atoms with E-state index in [9.17, 15) is 4.79 Å². The summed E-state index contributed by atoms with van der Waals surface area (Å²) in [4.78, 5) is 13.9. The lowest BCUT2D eigenvalue weighted by molar-refractivity contribution is -0.126. The minimum absolute atomic E-state index is 0.0129. The first-order chi connectivity index (χ1) is 8.47. The molecule has 1 aromatic rings. The van der Waals surface area contributed by atoms with Crippen LogP contribution in [-0.2, 0) is 4.79 Å². The van der Waals surface area contributed by atoms with Crippen molar-refractivity contribution in [2.75, 3.05) is 18.5 Å². The molecule has 0 aromatic heterocycles. The van der Waals surface area contributed by atoms with Crippen LogP contribution < -0.4 is 15.4 Å². The number of amides is 1. The maximum Gasteiger partial charge on any atom is 0.267 e. The summed E-state index contributed by atoms with van der Waals surface area (Å²) in [5, 5.41) is 0. The molecule has 1 aliphatic heterocycles. The van der Waals surface area contributed by atoms with E-state index in [2.05, 4.69) is 6.07 Å². The van der Waals surface area contributed by atoms with Gasteiger partial charge in [0.25, 0.3) is 5.91 Å². The van der Waals surface area contributed by atoms with Crippen LogP contribution in [0.2, 0.25) is 0 Å². The van der Waals surface area contributed by atoms with E-state index in [1.165, 1.54) is 5.56 Å². The van der Waals surface area contributed by atoms with E-state index in [1.54, 1.807) is 11.9 Å². The number of carbonyl (C=O) groups is 1. The van der Waals surface area contributed by atoms with Gasteiger partial charge in [0.2, 0.25) is 0 Å². The molecule has 0 spiro atoms. The van der Waals surface area contributed by atoms with E-state index in [0.717, 1.165) is 22.6 Å². The molecule has 0 saturated heterocycles. The van der Waals surface area contributed by atoms with Gasteiger partial charge < -0.3 is 15.4 Å². The van der Waals surface area contributed by atoms with Gasteiger partial charge in [-0.05, 0) is 44.0 Å². The average molecular weight is 248 g/mol.